The lowest BCUT2D eigenvalue weighted by Crippen LogP contribution is -2.06. The van der Waals surface area contributed by atoms with E-state index < -0.39 is 0 Å². The first-order valence-electron chi connectivity index (χ1n) is 7.51. The third-order valence-electron chi connectivity index (χ3n) is 4.36. The topological polar surface area (TPSA) is 0 Å². The lowest BCUT2D eigenvalue weighted by molar-refractivity contribution is 1.51. The van der Waals surface area contributed by atoms with Gasteiger partial charge in [0, 0.05) is 0 Å². The molecule has 0 aromatic heterocycles. The van der Waals surface area contributed by atoms with Crippen LogP contribution in [0.2, 0.25) is 0 Å². The summed E-state index contributed by atoms with van der Waals surface area (Å²) in [5.41, 5.74) is 4.37. The molecule has 0 spiro atoms. The molecule has 0 saturated carbocycles. The van der Waals surface area contributed by atoms with Crippen molar-refractivity contribution in [1.82, 2.24) is 0 Å². The van der Waals surface area contributed by atoms with Gasteiger partial charge in [-0.3, -0.25) is 0 Å². The molecule has 0 aliphatic carbocycles. The van der Waals surface area contributed by atoms with Gasteiger partial charge in [-0.1, -0.05) is 77.8 Å². The maximum absolute atomic E-state index is 6.11. The Kier molecular flexibility index (Phi) is 3.01. The molecule has 0 saturated heterocycles. The number of aryl methyl sites for hydroxylation is 1. The molecule has 0 nitrogen and oxygen atoms in total. The van der Waals surface area contributed by atoms with Crippen molar-refractivity contribution in [3.63, 3.8) is 0 Å². The number of rotatable bonds is 1. The van der Waals surface area contributed by atoms with Gasteiger partial charge in [-0.2, -0.15) is 0 Å². The summed E-state index contributed by atoms with van der Waals surface area (Å²) < 4.78 is 0. The van der Waals surface area contributed by atoms with Crippen molar-refractivity contribution in [2.75, 3.05) is 0 Å². The Morgan fingerprint density at radius 3 is 2.14 bits per heavy atom. The molecular formula is C21H15B. The number of hydrogen-bond acceptors (Lipinski definition) is 0. The van der Waals surface area contributed by atoms with Gasteiger partial charge in [0.15, 0.2) is 0 Å². The van der Waals surface area contributed by atoms with Crippen LogP contribution in [0.25, 0.3) is 32.7 Å². The van der Waals surface area contributed by atoms with Crippen LogP contribution < -0.4 is 5.46 Å². The van der Waals surface area contributed by atoms with E-state index in [1.54, 1.807) is 0 Å². The summed E-state index contributed by atoms with van der Waals surface area (Å²) >= 11 is 0. The van der Waals surface area contributed by atoms with Gasteiger partial charge >= 0.3 is 0 Å². The molecule has 1 heteroatoms. The van der Waals surface area contributed by atoms with E-state index in [0.29, 0.717) is 0 Å². The second-order valence-corrected chi connectivity index (χ2v) is 5.76. The second-order valence-electron chi connectivity index (χ2n) is 5.76. The maximum Gasteiger partial charge on any atom is 0.114 e. The molecule has 0 heterocycles. The average Bonchev–Trinajstić information content (AvgIpc) is 2.57. The molecule has 0 N–H and O–H groups in total. The van der Waals surface area contributed by atoms with Gasteiger partial charge in [-0.15, -0.1) is 0 Å². The average molecular weight is 278 g/mol. The van der Waals surface area contributed by atoms with Crippen molar-refractivity contribution in [2.45, 2.75) is 6.92 Å². The number of fused-ring (bicyclic) bond motifs is 3. The molecule has 0 aliphatic rings. The molecule has 0 atom stereocenters. The Labute approximate surface area is 131 Å². The summed E-state index contributed by atoms with van der Waals surface area (Å²) in [6, 6.07) is 25.7. The van der Waals surface area contributed by atoms with Crippen molar-refractivity contribution in [3.8, 4) is 11.1 Å². The maximum atomic E-state index is 6.11. The Hall–Kier alpha value is -2.54. The van der Waals surface area contributed by atoms with Gasteiger partial charge in [0.2, 0.25) is 0 Å². The number of hydrogen-bond donors (Lipinski definition) is 0. The van der Waals surface area contributed by atoms with Crippen molar-refractivity contribution in [1.29, 1.82) is 0 Å². The second kappa shape index (κ2) is 5.03. The van der Waals surface area contributed by atoms with Gasteiger partial charge < -0.3 is 0 Å². The normalized spacial score (nSPS) is 11.1. The summed E-state index contributed by atoms with van der Waals surface area (Å²) in [4.78, 5) is 0. The Bertz CT molecular complexity index is 999. The molecule has 102 valence electrons. The molecule has 22 heavy (non-hydrogen) atoms. The van der Waals surface area contributed by atoms with Crippen LogP contribution in [0.1, 0.15) is 5.56 Å². The van der Waals surface area contributed by atoms with Gasteiger partial charge in [-0.25, -0.2) is 0 Å². The fraction of sp³-hybridized carbons (Fsp3) is 0.0476. The minimum absolute atomic E-state index is 0.842. The van der Waals surface area contributed by atoms with E-state index in [0.717, 1.165) is 11.0 Å². The summed E-state index contributed by atoms with van der Waals surface area (Å²) in [6.45, 7) is 2.04. The summed E-state index contributed by atoms with van der Waals surface area (Å²) in [6.07, 6.45) is 0. The molecule has 4 aromatic carbocycles. The summed E-state index contributed by atoms with van der Waals surface area (Å²) in [7, 11) is 6.11. The Morgan fingerprint density at radius 2 is 1.36 bits per heavy atom. The van der Waals surface area contributed by atoms with Gasteiger partial charge in [0.05, 0.1) is 0 Å². The molecular weight excluding hydrogens is 263 g/mol. The van der Waals surface area contributed by atoms with Gasteiger partial charge in [-0.05, 0) is 45.7 Å². The van der Waals surface area contributed by atoms with E-state index in [4.69, 9.17) is 7.85 Å². The molecule has 0 aliphatic heterocycles. The first-order chi connectivity index (χ1) is 10.7. The van der Waals surface area contributed by atoms with E-state index in [1.165, 1.54) is 32.7 Å². The molecule has 2 radical (unpaired) electrons. The zero-order valence-corrected chi connectivity index (χ0v) is 12.5. The highest BCUT2D eigenvalue weighted by Crippen LogP contribution is 2.34. The largest absolute Gasteiger partial charge is 0.114 e. The third-order valence-corrected chi connectivity index (χ3v) is 4.36. The molecule has 4 rings (SSSR count). The minimum Gasteiger partial charge on any atom is -0.0932 e. The zero-order chi connectivity index (χ0) is 15.1. The number of benzene rings is 4. The fourth-order valence-corrected chi connectivity index (χ4v) is 3.10. The van der Waals surface area contributed by atoms with Crippen molar-refractivity contribution in [3.05, 3.63) is 78.4 Å². The predicted molar refractivity (Wildman–Crippen MR) is 97.0 cm³/mol. The van der Waals surface area contributed by atoms with E-state index in [9.17, 15) is 0 Å². The van der Waals surface area contributed by atoms with Crippen LogP contribution in [0.3, 0.4) is 0 Å². The van der Waals surface area contributed by atoms with Crippen LogP contribution in [-0.4, -0.2) is 7.85 Å². The Balaban J connectivity index is 2.13. The first-order valence-corrected chi connectivity index (χ1v) is 7.51. The SMILES string of the molecule is [B]c1cc(-c2cc3ccccc3c3ccccc23)ccc1C. The highest BCUT2D eigenvalue weighted by atomic mass is 14.1. The van der Waals surface area contributed by atoms with Crippen LogP contribution in [0.15, 0.2) is 72.8 Å². The highest BCUT2D eigenvalue weighted by molar-refractivity contribution is 6.33. The minimum atomic E-state index is 0.842. The van der Waals surface area contributed by atoms with E-state index in [1.807, 2.05) is 6.92 Å². The Morgan fingerprint density at radius 1 is 0.682 bits per heavy atom. The van der Waals surface area contributed by atoms with Gasteiger partial charge in [0.1, 0.15) is 7.85 Å². The van der Waals surface area contributed by atoms with Gasteiger partial charge in [0.25, 0.3) is 0 Å². The quantitative estimate of drug-likeness (QED) is 0.348. The first kappa shape index (κ1) is 13.2. The van der Waals surface area contributed by atoms with E-state index >= 15 is 0 Å². The molecule has 0 bridgehead atoms. The van der Waals surface area contributed by atoms with Crippen molar-refractivity contribution >= 4 is 34.9 Å². The van der Waals surface area contributed by atoms with E-state index in [-0.39, 0.29) is 0 Å². The monoisotopic (exact) mass is 278 g/mol. The lowest BCUT2D eigenvalue weighted by Gasteiger charge is -2.12. The summed E-state index contributed by atoms with van der Waals surface area (Å²) in [5.74, 6) is 0. The van der Waals surface area contributed by atoms with Crippen molar-refractivity contribution in [2.24, 2.45) is 0 Å². The predicted octanol–water partition coefficient (Wildman–Crippen LogP) is 4.76. The van der Waals surface area contributed by atoms with E-state index in [2.05, 4.69) is 72.8 Å². The summed E-state index contributed by atoms with van der Waals surface area (Å²) in [5, 5.41) is 5.11. The lowest BCUT2D eigenvalue weighted by atomic mass is 9.86. The standard InChI is InChI=1S/C21H15B/c1-14-10-11-16(13-21(14)22)20-12-15-6-2-3-7-17(15)18-8-4-5-9-19(18)20/h2-13H,1H3. The van der Waals surface area contributed by atoms with Crippen LogP contribution in [-0.2, 0) is 0 Å². The fourth-order valence-electron chi connectivity index (χ4n) is 3.10. The van der Waals surface area contributed by atoms with Crippen LogP contribution in [0.5, 0.6) is 0 Å². The van der Waals surface area contributed by atoms with Crippen LogP contribution in [0.4, 0.5) is 0 Å². The smallest absolute Gasteiger partial charge is 0.0932 e. The molecule has 0 unspecified atom stereocenters. The zero-order valence-electron chi connectivity index (χ0n) is 12.5. The molecule has 0 fully saturated rings. The molecule has 4 aromatic rings. The van der Waals surface area contributed by atoms with Crippen molar-refractivity contribution < 1.29 is 0 Å². The highest BCUT2D eigenvalue weighted by Gasteiger charge is 2.08. The third kappa shape index (κ3) is 2.02. The van der Waals surface area contributed by atoms with Crippen LogP contribution >= 0.6 is 0 Å². The van der Waals surface area contributed by atoms with Crippen LogP contribution in [0, 0.1) is 6.92 Å². The molecule has 0 amide bonds.